The second kappa shape index (κ2) is 4.56. The average molecular weight is 304 g/mol. The Balaban J connectivity index is 2.22. The van der Waals surface area contributed by atoms with Crippen molar-refractivity contribution in [3.05, 3.63) is 28.2 Å². The van der Waals surface area contributed by atoms with Crippen LogP contribution in [0.2, 0.25) is 0 Å². The number of hydrogen-bond acceptors (Lipinski definition) is 1. The van der Waals surface area contributed by atoms with Crippen LogP contribution in [0.5, 0.6) is 0 Å². The molecular weight excluding hydrogens is 288 g/mol. The summed E-state index contributed by atoms with van der Waals surface area (Å²) in [6.07, 6.45) is 3.25. The van der Waals surface area contributed by atoms with E-state index in [9.17, 15) is 8.78 Å². The number of rotatable bonds is 2. The summed E-state index contributed by atoms with van der Waals surface area (Å²) in [6.45, 7) is 4.32. The molecule has 0 bridgehead atoms. The van der Waals surface area contributed by atoms with Crippen molar-refractivity contribution in [2.24, 2.45) is 5.41 Å². The van der Waals surface area contributed by atoms with Gasteiger partial charge in [-0.1, -0.05) is 20.3 Å². The first-order valence-electron chi connectivity index (χ1n) is 5.81. The molecule has 0 amide bonds. The summed E-state index contributed by atoms with van der Waals surface area (Å²) in [5.41, 5.74) is 0.390. The zero-order valence-electron chi connectivity index (χ0n) is 9.99. The lowest BCUT2D eigenvalue weighted by Gasteiger charge is -2.29. The van der Waals surface area contributed by atoms with Crippen molar-refractivity contribution in [3.63, 3.8) is 0 Å². The molecule has 4 heteroatoms. The molecule has 0 radical (unpaired) electrons. The summed E-state index contributed by atoms with van der Waals surface area (Å²) in [7, 11) is 0. The highest BCUT2D eigenvalue weighted by molar-refractivity contribution is 9.10. The predicted molar refractivity (Wildman–Crippen MR) is 69.1 cm³/mol. The van der Waals surface area contributed by atoms with E-state index >= 15 is 0 Å². The van der Waals surface area contributed by atoms with E-state index < -0.39 is 11.6 Å². The minimum Gasteiger partial charge on any atom is -0.379 e. The molecule has 1 aliphatic carbocycles. The Labute approximate surface area is 109 Å². The highest BCUT2D eigenvalue weighted by Gasteiger charge is 2.34. The molecule has 1 atom stereocenters. The zero-order valence-corrected chi connectivity index (χ0v) is 11.6. The molecule has 17 heavy (non-hydrogen) atoms. The van der Waals surface area contributed by atoms with E-state index in [2.05, 4.69) is 35.1 Å². The quantitative estimate of drug-likeness (QED) is 0.780. The molecule has 0 aliphatic heterocycles. The zero-order chi connectivity index (χ0) is 12.6. The minimum atomic E-state index is -0.440. The van der Waals surface area contributed by atoms with E-state index in [1.165, 1.54) is 12.1 Å². The first kappa shape index (κ1) is 12.8. The summed E-state index contributed by atoms with van der Waals surface area (Å²) < 4.78 is 27.2. The first-order valence-corrected chi connectivity index (χ1v) is 6.60. The summed E-state index contributed by atoms with van der Waals surface area (Å²) in [6, 6.07) is 2.59. The summed E-state index contributed by atoms with van der Waals surface area (Å²) in [4.78, 5) is 0. The lowest BCUT2D eigenvalue weighted by Crippen LogP contribution is -2.31. The maximum Gasteiger partial charge on any atom is 0.147 e. The Bertz CT molecular complexity index is 432. The van der Waals surface area contributed by atoms with Gasteiger partial charge in [-0.3, -0.25) is 0 Å². The number of halogens is 3. The van der Waals surface area contributed by atoms with Crippen LogP contribution in [0, 0.1) is 17.0 Å². The van der Waals surface area contributed by atoms with Crippen LogP contribution in [0.15, 0.2) is 16.6 Å². The second-order valence-electron chi connectivity index (χ2n) is 5.32. The molecule has 1 saturated carbocycles. The van der Waals surface area contributed by atoms with E-state index in [1.54, 1.807) is 0 Å². The molecule has 1 N–H and O–H groups in total. The van der Waals surface area contributed by atoms with Crippen molar-refractivity contribution in [3.8, 4) is 0 Å². The Morgan fingerprint density at radius 2 is 2.00 bits per heavy atom. The first-order chi connectivity index (χ1) is 7.90. The Morgan fingerprint density at radius 1 is 1.29 bits per heavy atom. The Kier molecular flexibility index (Phi) is 3.43. The lowest BCUT2D eigenvalue weighted by atomic mass is 9.87. The summed E-state index contributed by atoms with van der Waals surface area (Å²) in [5.74, 6) is -0.856. The van der Waals surface area contributed by atoms with Gasteiger partial charge in [0.2, 0.25) is 0 Å². The Hall–Kier alpha value is -0.640. The smallest absolute Gasteiger partial charge is 0.147 e. The maximum absolute atomic E-state index is 13.7. The molecule has 1 unspecified atom stereocenters. The fourth-order valence-electron chi connectivity index (χ4n) is 2.42. The molecule has 1 nitrogen and oxygen atoms in total. The third-order valence-electron chi connectivity index (χ3n) is 3.60. The average Bonchev–Trinajstić information content (AvgIpc) is 2.55. The number of hydrogen-bond donors (Lipinski definition) is 1. The van der Waals surface area contributed by atoms with Crippen molar-refractivity contribution in [2.45, 2.75) is 39.2 Å². The second-order valence-corrected chi connectivity index (χ2v) is 6.18. The van der Waals surface area contributed by atoms with Crippen molar-refractivity contribution in [1.82, 2.24) is 0 Å². The van der Waals surface area contributed by atoms with E-state index in [4.69, 9.17) is 0 Å². The molecule has 2 rings (SSSR count). The van der Waals surface area contributed by atoms with Gasteiger partial charge in [-0.2, -0.15) is 0 Å². The molecule has 1 aromatic rings. The standard InChI is InChI=1S/C13H16BrF2N/c1-13(2)5-3-4-12(13)17-11-7-9(15)8(14)6-10(11)16/h6-7,12,17H,3-5H2,1-2H3. The van der Waals surface area contributed by atoms with Gasteiger partial charge in [0.1, 0.15) is 11.6 Å². The van der Waals surface area contributed by atoms with Gasteiger partial charge in [-0.25, -0.2) is 8.78 Å². The normalized spacial score (nSPS) is 22.8. The van der Waals surface area contributed by atoms with Crippen LogP contribution in [-0.2, 0) is 0 Å². The molecule has 1 fully saturated rings. The largest absolute Gasteiger partial charge is 0.379 e. The highest BCUT2D eigenvalue weighted by atomic mass is 79.9. The van der Waals surface area contributed by atoms with E-state index in [1.807, 2.05) is 0 Å². The van der Waals surface area contributed by atoms with Crippen LogP contribution in [0.1, 0.15) is 33.1 Å². The van der Waals surface area contributed by atoms with Gasteiger partial charge in [0.25, 0.3) is 0 Å². The van der Waals surface area contributed by atoms with Gasteiger partial charge >= 0.3 is 0 Å². The summed E-state index contributed by atoms with van der Waals surface area (Å²) >= 11 is 2.97. The predicted octanol–water partition coefficient (Wildman–Crippen LogP) is 4.72. The Morgan fingerprint density at radius 3 is 2.59 bits per heavy atom. The van der Waals surface area contributed by atoms with Crippen molar-refractivity contribution < 1.29 is 8.78 Å². The highest BCUT2D eigenvalue weighted by Crippen LogP contribution is 2.39. The van der Waals surface area contributed by atoms with Crippen LogP contribution >= 0.6 is 15.9 Å². The molecule has 0 heterocycles. The van der Waals surface area contributed by atoms with Crippen molar-refractivity contribution >= 4 is 21.6 Å². The van der Waals surface area contributed by atoms with Gasteiger partial charge in [0, 0.05) is 12.1 Å². The maximum atomic E-state index is 13.7. The number of nitrogens with one attached hydrogen (secondary N) is 1. The van der Waals surface area contributed by atoms with Gasteiger partial charge in [-0.15, -0.1) is 0 Å². The van der Waals surface area contributed by atoms with Crippen LogP contribution in [0.4, 0.5) is 14.5 Å². The van der Waals surface area contributed by atoms with E-state index in [-0.39, 0.29) is 21.6 Å². The van der Waals surface area contributed by atoms with Crippen molar-refractivity contribution in [1.29, 1.82) is 0 Å². The van der Waals surface area contributed by atoms with Crippen molar-refractivity contribution in [2.75, 3.05) is 5.32 Å². The monoisotopic (exact) mass is 303 g/mol. The number of benzene rings is 1. The fraction of sp³-hybridized carbons (Fsp3) is 0.538. The van der Waals surface area contributed by atoms with E-state index in [0.717, 1.165) is 19.3 Å². The lowest BCUT2D eigenvalue weighted by molar-refractivity contribution is 0.349. The van der Waals surface area contributed by atoms with Crippen LogP contribution in [0.3, 0.4) is 0 Å². The molecule has 1 aromatic carbocycles. The van der Waals surface area contributed by atoms with Gasteiger partial charge < -0.3 is 5.32 Å². The van der Waals surface area contributed by atoms with Gasteiger partial charge in [0.15, 0.2) is 0 Å². The number of anilines is 1. The molecular formula is C13H16BrF2N. The third kappa shape index (κ3) is 2.62. The van der Waals surface area contributed by atoms with Crippen LogP contribution < -0.4 is 5.32 Å². The molecule has 0 saturated heterocycles. The fourth-order valence-corrected chi connectivity index (χ4v) is 2.73. The topological polar surface area (TPSA) is 12.0 Å². The van der Waals surface area contributed by atoms with Gasteiger partial charge in [0.05, 0.1) is 10.2 Å². The molecule has 0 spiro atoms. The van der Waals surface area contributed by atoms with Crippen LogP contribution in [0.25, 0.3) is 0 Å². The summed E-state index contributed by atoms with van der Waals surface area (Å²) in [5, 5.41) is 3.13. The minimum absolute atomic E-state index is 0.135. The van der Waals surface area contributed by atoms with Gasteiger partial charge in [-0.05, 0) is 40.3 Å². The molecule has 1 aliphatic rings. The molecule has 94 valence electrons. The van der Waals surface area contributed by atoms with Crippen LogP contribution in [-0.4, -0.2) is 6.04 Å². The molecule has 0 aromatic heterocycles. The third-order valence-corrected chi connectivity index (χ3v) is 4.20. The SMILES string of the molecule is CC1(C)CCCC1Nc1cc(F)c(Br)cc1F. The van der Waals surface area contributed by atoms with E-state index in [0.29, 0.717) is 0 Å².